The maximum absolute atomic E-state index is 4.54. The highest BCUT2D eigenvalue weighted by molar-refractivity contribution is 7.03. The molecular weight excluding hydrogens is 444 g/mol. The molecule has 6 aromatic rings. The zero-order valence-electron chi connectivity index (χ0n) is 18.1. The molecule has 0 amide bonds. The molecule has 0 radical (unpaired) electrons. The van der Waals surface area contributed by atoms with Crippen molar-refractivity contribution in [2.75, 3.05) is 5.32 Å². The van der Waals surface area contributed by atoms with E-state index < -0.39 is 0 Å². The maximum Gasteiger partial charge on any atom is 0.125 e. The van der Waals surface area contributed by atoms with Crippen molar-refractivity contribution in [2.24, 2.45) is 0 Å². The number of fused-ring (bicyclic) bond motifs is 1. The Labute approximate surface area is 199 Å². The third-order valence-electron chi connectivity index (χ3n) is 5.44. The summed E-state index contributed by atoms with van der Waals surface area (Å²) in [5, 5.41) is 18.3. The first-order valence-corrected chi connectivity index (χ1v) is 11.5. The Balaban J connectivity index is 1.31. The highest BCUT2D eigenvalue weighted by atomic mass is 32.1. The summed E-state index contributed by atoms with van der Waals surface area (Å²) >= 11 is 1.35. The normalized spacial score (nSPS) is 11.1. The molecule has 164 valence electrons. The quantitative estimate of drug-likeness (QED) is 0.364. The number of hydrogen-bond donors (Lipinski definition) is 1. The second-order valence-corrected chi connectivity index (χ2v) is 8.35. The summed E-state index contributed by atoms with van der Waals surface area (Å²) in [7, 11) is 0. The van der Waals surface area contributed by atoms with Crippen LogP contribution in [0, 0.1) is 6.92 Å². The molecule has 6 rings (SSSR count). The molecule has 0 fully saturated rings. The third kappa shape index (κ3) is 3.89. The summed E-state index contributed by atoms with van der Waals surface area (Å²) in [5.74, 6) is 0.737. The fraction of sp³-hybridized carbons (Fsp3) is 0.0400. The van der Waals surface area contributed by atoms with E-state index in [4.69, 9.17) is 0 Å². The first-order valence-electron chi connectivity index (χ1n) is 10.6. The van der Waals surface area contributed by atoms with Gasteiger partial charge in [0.25, 0.3) is 0 Å². The van der Waals surface area contributed by atoms with E-state index in [1.165, 1.54) is 11.5 Å². The van der Waals surface area contributed by atoms with E-state index in [1.54, 1.807) is 6.20 Å². The van der Waals surface area contributed by atoms with E-state index in [0.717, 1.165) is 56.4 Å². The summed E-state index contributed by atoms with van der Waals surface area (Å²) in [4.78, 5) is 8.73. The molecule has 3 heterocycles. The lowest BCUT2D eigenvalue weighted by Crippen LogP contribution is -1.98. The lowest BCUT2D eigenvalue weighted by Gasteiger charge is -2.09. The van der Waals surface area contributed by atoms with Gasteiger partial charge in [-0.25, -0.2) is 14.6 Å². The summed E-state index contributed by atoms with van der Waals surface area (Å²) in [5.41, 5.74) is 8.35. The number of anilines is 2. The lowest BCUT2D eigenvalue weighted by atomic mass is 10.1. The first-order chi connectivity index (χ1) is 16.7. The van der Waals surface area contributed by atoms with Crippen LogP contribution in [0.25, 0.3) is 39.2 Å². The molecule has 0 unspecified atom stereocenters. The maximum atomic E-state index is 4.54. The molecule has 0 bridgehead atoms. The average molecular weight is 463 g/mol. The minimum atomic E-state index is 0.737. The van der Waals surface area contributed by atoms with Crippen molar-refractivity contribution in [1.29, 1.82) is 0 Å². The number of nitrogens with zero attached hydrogens (tertiary/aromatic N) is 7. The molecule has 1 N–H and O–H groups in total. The van der Waals surface area contributed by atoms with Crippen molar-refractivity contribution in [3.8, 4) is 28.2 Å². The second-order valence-electron chi connectivity index (χ2n) is 7.74. The molecule has 0 aliphatic carbocycles. The molecule has 0 aliphatic rings. The Morgan fingerprint density at radius 3 is 2.53 bits per heavy atom. The molecule has 34 heavy (non-hydrogen) atoms. The van der Waals surface area contributed by atoms with Gasteiger partial charge in [-0.1, -0.05) is 34.0 Å². The van der Waals surface area contributed by atoms with Crippen LogP contribution in [0.15, 0.2) is 84.4 Å². The van der Waals surface area contributed by atoms with Gasteiger partial charge in [-0.3, -0.25) is 0 Å². The minimum absolute atomic E-state index is 0.737. The highest BCUT2D eigenvalue weighted by Gasteiger charge is 2.10. The number of benzene rings is 3. The molecule has 8 nitrogen and oxygen atoms in total. The van der Waals surface area contributed by atoms with Crippen LogP contribution in [0.1, 0.15) is 5.82 Å². The van der Waals surface area contributed by atoms with E-state index in [1.807, 2.05) is 77.6 Å². The zero-order valence-corrected chi connectivity index (χ0v) is 18.9. The van der Waals surface area contributed by atoms with E-state index in [0.29, 0.717) is 0 Å². The average Bonchev–Trinajstić information content (AvgIpc) is 3.55. The second kappa shape index (κ2) is 8.45. The molecule has 0 saturated heterocycles. The van der Waals surface area contributed by atoms with Crippen LogP contribution < -0.4 is 5.32 Å². The first kappa shape index (κ1) is 20.1. The van der Waals surface area contributed by atoms with Crippen LogP contribution >= 0.6 is 11.5 Å². The molecule has 3 aromatic heterocycles. The number of aromatic nitrogens is 7. The van der Waals surface area contributed by atoms with Gasteiger partial charge in [-0.05, 0) is 67.0 Å². The highest BCUT2D eigenvalue weighted by Crippen LogP contribution is 2.27. The molecule has 3 aromatic carbocycles. The Hall–Kier alpha value is -4.50. The topological polar surface area (TPSA) is 94.3 Å². The molecule has 0 aliphatic heterocycles. The van der Waals surface area contributed by atoms with Gasteiger partial charge in [0.15, 0.2) is 0 Å². The van der Waals surface area contributed by atoms with Crippen LogP contribution in [-0.4, -0.2) is 34.5 Å². The Morgan fingerprint density at radius 1 is 0.824 bits per heavy atom. The van der Waals surface area contributed by atoms with Gasteiger partial charge in [-0.15, -0.1) is 10.2 Å². The molecular formula is C25H18N8S. The smallest absolute Gasteiger partial charge is 0.125 e. The number of nitrogens with one attached hydrogen (secondary N) is 1. The van der Waals surface area contributed by atoms with Crippen molar-refractivity contribution >= 4 is 33.9 Å². The van der Waals surface area contributed by atoms with E-state index in [9.17, 15) is 0 Å². The zero-order chi connectivity index (χ0) is 22.9. The number of hydrogen-bond acceptors (Lipinski definition) is 8. The number of aryl methyl sites for hydroxylation is 1. The molecule has 0 saturated carbocycles. The van der Waals surface area contributed by atoms with Gasteiger partial charge in [-0.2, -0.15) is 0 Å². The van der Waals surface area contributed by atoms with Crippen LogP contribution in [0.4, 0.5) is 11.4 Å². The van der Waals surface area contributed by atoms with Crippen molar-refractivity contribution in [3.05, 3.63) is 90.2 Å². The van der Waals surface area contributed by atoms with Crippen LogP contribution in [-0.2, 0) is 0 Å². The van der Waals surface area contributed by atoms with Gasteiger partial charge >= 0.3 is 0 Å². The fourth-order valence-electron chi connectivity index (χ4n) is 3.78. The van der Waals surface area contributed by atoms with Gasteiger partial charge in [0, 0.05) is 34.1 Å². The molecule has 0 spiro atoms. The predicted molar refractivity (Wildman–Crippen MR) is 133 cm³/mol. The molecule has 9 heteroatoms. The van der Waals surface area contributed by atoms with Crippen LogP contribution in [0.5, 0.6) is 0 Å². The summed E-state index contributed by atoms with van der Waals surface area (Å²) in [6.45, 7) is 1.89. The van der Waals surface area contributed by atoms with E-state index >= 15 is 0 Å². The largest absolute Gasteiger partial charge is 0.355 e. The fourth-order valence-corrected chi connectivity index (χ4v) is 4.25. The van der Waals surface area contributed by atoms with E-state index in [-0.39, 0.29) is 0 Å². The van der Waals surface area contributed by atoms with Crippen molar-refractivity contribution < 1.29 is 0 Å². The van der Waals surface area contributed by atoms with Crippen LogP contribution in [0.3, 0.4) is 0 Å². The monoisotopic (exact) mass is 462 g/mol. The Kier molecular flexibility index (Phi) is 5.00. The SMILES string of the molecule is Cc1nccc(-c2cccc(-n3nnc4ccc(Nc5ccc(-c6csnn6)cc5)cc43)c2)n1. The van der Waals surface area contributed by atoms with Gasteiger partial charge < -0.3 is 5.32 Å². The lowest BCUT2D eigenvalue weighted by molar-refractivity contribution is 0.824. The Bertz CT molecular complexity index is 1590. The van der Waals surface area contributed by atoms with Crippen molar-refractivity contribution in [1.82, 2.24) is 34.5 Å². The third-order valence-corrected chi connectivity index (χ3v) is 5.94. The van der Waals surface area contributed by atoms with Crippen LogP contribution in [0.2, 0.25) is 0 Å². The van der Waals surface area contributed by atoms with Gasteiger partial charge in [0.05, 0.1) is 16.9 Å². The number of rotatable bonds is 5. The van der Waals surface area contributed by atoms with Gasteiger partial charge in [0.1, 0.15) is 17.0 Å². The molecule has 0 atom stereocenters. The van der Waals surface area contributed by atoms with E-state index in [2.05, 4.69) is 47.3 Å². The Morgan fingerprint density at radius 2 is 1.71 bits per heavy atom. The standard InChI is InChI=1S/C25H18N8S/c1-16-26-12-11-22(27-16)18-3-2-4-21(13-18)33-25-14-20(9-10-23(25)29-31-33)28-19-7-5-17(6-8-19)24-15-34-32-30-24/h2-15,28H,1H3. The van der Waals surface area contributed by atoms with Gasteiger partial charge in [0.2, 0.25) is 0 Å². The summed E-state index contributed by atoms with van der Waals surface area (Å²) < 4.78 is 5.77. The minimum Gasteiger partial charge on any atom is -0.355 e. The summed E-state index contributed by atoms with van der Waals surface area (Å²) in [6.07, 6.45) is 1.77. The predicted octanol–water partition coefficient (Wildman–Crippen LogP) is 5.45. The summed E-state index contributed by atoms with van der Waals surface area (Å²) in [6, 6.07) is 24.1. The van der Waals surface area contributed by atoms with Crippen molar-refractivity contribution in [2.45, 2.75) is 6.92 Å². The van der Waals surface area contributed by atoms with Crippen molar-refractivity contribution in [3.63, 3.8) is 0 Å².